The minimum atomic E-state index is -0.510. The van der Waals surface area contributed by atoms with Crippen LogP contribution in [0.3, 0.4) is 0 Å². The van der Waals surface area contributed by atoms with Crippen molar-refractivity contribution in [3.63, 3.8) is 0 Å². The van der Waals surface area contributed by atoms with Gasteiger partial charge in [0.1, 0.15) is 11.6 Å². The van der Waals surface area contributed by atoms with Crippen LogP contribution < -0.4 is 0 Å². The molecule has 0 atom stereocenters. The predicted molar refractivity (Wildman–Crippen MR) is 67.2 cm³/mol. The van der Waals surface area contributed by atoms with E-state index in [4.69, 9.17) is 0 Å². The van der Waals surface area contributed by atoms with Crippen LogP contribution in [0.15, 0.2) is 54.8 Å². The van der Waals surface area contributed by atoms with Gasteiger partial charge in [0.05, 0.1) is 0 Å². The Morgan fingerprint density at radius 2 is 1.78 bits per heavy atom. The molecule has 0 saturated carbocycles. The van der Waals surface area contributed by atoms with E-state index in [1.807, 2.05) is 0 Å². The second-order valence-corrected chi connectivity index (χ2v) is 4.20. The van der Waals surface area contributed by atoms with E-state index in [0.717, 1.165) is 0 Å². The number of hydrogen-bond acceptors (Lipinski definition) is 0. The van der Waals surface area contributed by atoms with Crippen molar-refractivity contribution in [2.45, 2.75) is 5.92 Å². The molecule has 0 spiro atoms. The molecule has 0 amide bonds. The first-order chi connectivity index (χ1) is 8.77. The van der Waals surface area contributed by atoms with E-state index >= 15 is 0 Å². The summed E-state index contributed by atoms with van der Waals surface area (Å²) in [6.07, 6.45) is 8.86. The maximum absolute atomic E-state index is 14.4. The standard InChI is InChI=1S/C15H11F2N/c16-12-8-7-11(13-6-3-9-18-13)15(17)14(12)10-4-1-2-5-10/h1-10,18H. The van der Waals surface area contributed by atoms with Gasteiger partial charge in [-0.3, -0.25) is 0 Å². The Morgan fingerprint density at radius 1 is 1.00 bits per heavy atom. The van der Waals surface area contributed by atoms with Crippen LogP contribution in [0.1, 0.15) is 11.5 Å². The van der Waals surface area contributed by atoms with Crippen LogP contribution in [0, 0.1) is 11.6 Å². The van der Waals surface area contributed by atoms with Crippen LogP contribution in [0.4, 0.5) is 8.78 Å². The van der Waals surface area contributed by atoms with Crippen LogP contribution >= 0.6 is 0 Å². The molecule has 18 heavy (non-hydrogen) atoms. The van der Waals surface area contributed by atoms with Gasteiger partial charge in [-0.15, -0.1) is 0 Å². The van der Waals surface area contributed by atoms with E-state index in [-0.39, 0.29) is 11.5 Å². The van der Waals surface area contributed by atoms with Gasteiger partial charge in [-0.05, 0) is 24.3 Å². The van der Waals surface area contributed by atoms with Crippen LogP contribution in [0.25, 0.3) is 11.3 Å². The third-order valence-corrected chi connectivity index (χ3v) is 3.10. The van der Waals surface area contributed by atoms with E-state index in [2.05, 4.69) is 4.98 Å². The van der Waals surface area contributed by atoms with Crippen molar-refractivity contribution in [2.75, 3.05) is 0 Å². The number of hydrogen-bond donors (Lipinski definition) is 1. The molecule has 1 aromatic carbocycles. The molecule has 0 bridgehead atoms. The summed E-state index contributed by atoms with van der Waals surface area (Å²) in [5.41, 5.74) is 1.15. The molecule has 90 valence electrons. The molecular weight excluding hydrogens is 232 g/mol. The average Bonchev–Trinajstić information content (AvgIpc) is 3.01. The molecule has 3 rings (SSSR count). The molecule has 1 heterocycles. The van der Waals surface area contributed by atoms with Crippen molar-refractivity contribution in [1.29, 1.82) is 0 Å². The largest absolute Gasteiger partial charge is 0.361 e. The molecule has 1 nitrogen and oxygen atoms in total. The van der Waals surface area contributed by atoms with E-state index in [9.17, 15) is 8.78 Å². The van der Waals surface area contributed by atoms with Gasteiger partial charge in [-0.2, -0.15) is 0 Å². The van der Waals surface area contributed by atoms with Gasteiger partial charge in [0, 0.05) is 28.9 Å². The first kappa shape index (κ1) is 11.0. The molecular formula is C15H11F2N. The maximum atomic E-state index is 14.4. The summed E-state index contributed by atoms with van der Waals surface area (Å²) in [6, 6.07) is 6.32. The van der Waals surface area contributed by atoms with E-state index in [0.29, 0.717) is 11.3 Å². The van der Waals surface area contributed by atoms with Gasteiger partial charge in [-0.25, -0.2) is 8.78 Å². The van der Waals surface area contributed by atoms with Crippen molar-refractivity contribution in [1.82, 2.24) is 4.98 Å². The lowest BCUT2D eigenvalue weighted by molar-refractivity contribution is 0.558. The first-order valence-electron chi connectivity index (χ1n) is 5.74. The van der Waals surface area contributed by atoms with Crippen molar-refractivity contribution >= 4 is 0 Å². The van der Waals surface area contributed by atoms with Crippen LogP contribution in [0.5, 0.6) is 0 Å². The summed E-state index contributed by atoms with van der Waals surface area (Å²) in [7, 11) is 0. The molecule has 0 aliphatic heterocycles. The van der Waals surface area contributed by atoms with E-state index in [1.54, 1.807) is 42.6 Å². The van der Waals surface area contributed by atoms with Crippen LogP contribution in [-0.2, 0) is 0 Å². The first-order valence-corrected chi connectivity index (χ1v) is 5.74. The second kappa shape index (κ2) is 4.26. The molecule has 0 fully saturated rings. The van der Waals surface area contributed by atoms with Crippen molar-refractivity contribution in [3.05, 3.63) is 72.0 Å². The molecule has 0 saturated heterocycles. The lowest BCUT2D eigenvalue weighted by Crippen LogP contribution is -2.01. The van der Waals surface area contributed by atoms with Gasteiger partial charge in [-0.1, -0.05) is 24.3 Å². The number of allylic oxidation sites excluding steroid dienone is 4. The Kier molecular flexibility index (Phi) is 2.59. The topological polar surface area (TPSA) is 15.8 Å². The Labute approximate surface area is 103 Å². The molecule has 1 aliphatic carbocycles. The van der Waals surface area contributed by atoms with Crippen molar-refractivity contribution in [3.8, 4) is 11.3 Å². The molecule has 3 heteroatoms. The minimum absolute atomic E-state index is 0.104. The maximum Gasteiger partial charge on any atom is 0.139 e. The summed E-state index contributed by atoms with van der Waals surface area (Å²) in [4.78, 5) is 2.93. The van der Waals surface area contributed by atoms with Crippen molar-refractivity contribution < 1.29 is 8.78 Å². The third kappa shape index (κ3) is 1.68. The fraction of sp³-hybridized carbons (Fsp3) is 0.0667. The molecule has 0 unspecified atom stereocenters. The number of halogens is 2. The fourth-order valence-electron chi connectivity index (χ4n) is 2.21. The Bertz CT molecular complexity index is 612. The zero-order chi connectivity index (χ0) is 12.5. The minimum Gasteiger partial charge on any atom is -0.361 e. The highest BCUT2D eigenvalue weighted by atomic mass is 19.1. The molecule has 1 N–H and O–H groups in total. The monoisotopic (exact) mass is 243 g/mol. The van der Waals surface area contributed by atoms with Crippen molar-refractivity contribution in [2.24, 2.45) is 0 Å². The summed E-state index contributed by atoms with van der Waals surface area (Å²) in [6.45, 7) is 0. The van der Waals surface area contributed by atoms with Gasteiger partial charge < -0.3 is 4.98 Å². The fourth-order valence-corrected chi connectivity index (χ4v) is 2.21. The Morgan fingerprint density at radius 3 is 2.44 bits per heavy atom. The summed E-state index contributed by atoms with van der Waals surface area (Å²) in [5.74, 6) is -1.33. The number of benzene rings is 1. The van der Waals surface area contributed by atoms with E-state index < -0.39 is 11.6 Å². The quantitative estimate of drug-likeness (QED) is 0.814. The van der Waals surface area contributed by atoms with Gasteiger partial charge in [0.25, 0.3) is 0 Å². The summed E-state index contributed by atoms with van der Waals surface area (Å²) >= 11 is 0. The molecule has 2 aromatic rings. The summed E-state index contributed by atoms with van der Waals surface area (Å²) < 4.78 is 28.2. The number of nitrogens with one attached hydrogen (secondary N) is 1. The highest BCUT2D eigenvalue weighted by Gasteiger charge is 2.21. The predicted octanol–water partition coefficient (Wildman–Crippen LogP) is 4.17. The highest BCUT2D eigenvalue weighted by Crippen LogP contribution is 2.33. The van der Waals surface area contributed by atoms with Crippen LogP contribution in [0.2, 0.25) is 0 Å². The Hall–Kier alpha value is -2.16. The molecule has 1 aliphatic rings. The Balaban J connectivity index is 2.17. The lowest BCUT2D eigenvalue weighted by atomic mass is 9.96. The van der Waals surface area contributed by atoms with E-state index in [1.165, 1.54) is 12.1 Å². The zero-order valence-corrected chi connectivity index (χ0v) is 9.53. The number of H-pyrrole nitrogens is 1. The number of rotatable bonds is 2. The average molecular weight is 243 g/mol. The SMILES string of the molecule is Fc1ccc(-c2ccc[nH]2)c(F)c1C1C=CC=C1. The number of aromatic nitrogens is 1. The van der Waals surface area contributed by atoms with Gasteiger partial charge in [0.15, 0.2) is 0 Å². The normalized spacial score (nSPS) is 14.6. The van der Waals surface area contributed by atoms with Gasteiger partial charge >= 0.3 is 0 Å². The molecule has 1 aromatic heterocycles. The second-order valence-electron chi connectivity index (χ2n) is 4.20. The zero-order valence-electron chi connectivity index (χ0n) is 9.53. The lowest BCUT2D eigenvalue weighted by Gasteiger charge is -2.12. The highest BCUT2D eigenvalue weighted by molar-refractivity contribution is 5.62. The van der Waals surface area contributed by atoms with Gasteiger partial charge in [0.2, 0.25) is 0 Å². The van der Waals surface area contributed by atoms with Crippen LogP contribution in [-0.4, -0.2) is 4.98 Å². The number of aromatic amines is 1. The summed E-state index contributed by atoms with van der Waals surface area (Å²) in [5, 5.41) is 0. The smallest absolute Gasteiger partial charge is 0.139 e. The third-order valence-electron chi connectivity index (χ3n) is 3.10. The molecule has 0 radical (unpaired) electrons.